The molecule has 1 atom stereocenters. The molecular formula is C11H19N5O2. The van der Waals surface area contributed by atoms with Crippen molar-refractivity contribution in [1.29, 1.82) is 0 Å². The number of aliphatic hydroxyl groups excluding tert-OH is 1. The van der Waals surface area contributed by atoms with Crippen molar-refractivity contribution in [2.24, 2.45) is 11.7 Å². The van der Waals surface area contributed by atoms with Crippen molar-refractivity contribution < 1.29 is 9.90 Å². The molecule has 4 N–H and O–H groups in total. The average molecular weight is 253 g/mol. The predicted octanol–water partition coefficient (Wildman–Crippen LogP) is -0.813. The summed E-state index contributed by atoms with van der Waals surface area (Å²) in [7, 11) is 0. The van der Waals surface area contributed by atoms with E-state index in [1.807, 2.05) is 0 Å². The fourth-order valence-electron chi connectivity index (χ4n) is 1.75. The molecule has 1 aliphatic carbocycles. The minimum atomic E-state index is -0.575. The second kappa shape index (κ2) is 5.92. The van der Waals surface area contributed by atoms with Gasteiger partial charge in [-0.25, -0.2) is 0 Å². The maximum Gasteiger partial charge on any atom is 0.240 e. The summed E-state index contributed by atoms with van der Waals surface area (Å²) in [6, 6.07) is -0.575. The summed E-state index contributed by atoms with van der Waals surface area (Å²) in [6.07, 6.45) is 4.73. The first-order chi connectivity index (χ1) is 8.70. The molecule has 0 bridgehead atoms. The van der Waals surface area contributed by atoms with Crippen LogP contribution in [0.4, 0.5) is 0 Å². The zero-order valence-corrected chi connectivity index (χ0v) is 10.2. The Hall–Kier alpha value is -1.47. The molecule has 0 saturated heterocycles. The van der Waals surface area contributed by atoms with Crippen LogP contribution in [0, 0.1) is 5.92 Å². The smallest absolute Gasteiger partial charge is 0.240 e. The molecular weight excluding hydrogens is 234 g/mol. The molecule has 100 valence electrons. The van der Waals surface area contributed by atoms with Crippen LogP contribution < -0.4 is 11.1 Å². The van der Waals surface area contributed by atoms with E-state index in [4.69, 9.17) is 10.8 Å². The monoisotopic (exact) mass is 253 g/mol. The summed E-state index contributed by atoms with van der Waals surface area (Å²) < 4.78 is 1.61. The molecule has 1 aromatic rings. The highest BCUT2D eigenvalue weighted by atomic mass is 16.3. The number of aromatic nitrogens is 3. The van der Waals surface area contributed by atoms with Gasteiger partial charge < -0.3 is 16.2 Å². The molecule has 1 aromatic heterocycles. The molecule has 18 heavy (non-hydrogen) atoms. The number of aliphatic hydroxyl groups is 1. The first-order valence-electron chi connectivity index (χ1n) is 6.24. The molecule has 1 aliphatic rings. The van der Waals surface area contributed by atoms with E-state index in [-0.39, 0.29) is 6.61 Å². The quantitative estimate of drug-likeness (QED) is 0.561. The third-order valence-corrected chi connectivity index (χ3v) is 2.99. The van der Waals surface area contributed by atoms with E-state index in [1.165, 1.54) is 12.8 Å². The molecule has 1 amide bonds. The van der Waals surface area contributed by atoms with Gasteiger partial charge in [0.15, 0.2) is 0 Å². The molecule has 0 spiro atoms. The van der Waals surface area contributed by atoms with Crippen molar-refractivity contribution in [3.05, 3.63) is 11.9 Å². The van der Waals surface area contributed by atoms with Crippen molar-refractivity contribution in [3.8, 4) is 0 Å². The van der Waals surface area contributed by atoms with Crippen LogP contribution in [-0.2, 0) is 11.3 Å². The van der Waals surface area contributed by atoms with E-state index in [0.717, 1.165) is 6.54 Å². The van der Waals surface area contributed by atoms with Crippen LogP contribution in [0.25, 0.3) is 0 Å². The molecule has 1 heterocycles. The van der Waals surface area contributed by atoms with Crippen LogP contribution in [0.3, 0.4) is 0 Å². The Morgan fingerprint density at radius 2 is 2.44 bits per heavy atom. The van der Waals surface area contributed by atoms with Gasteiger partial charge >= 0.3 is 0 Å². The number of hydrogen-bond acceptors (Lipinski definition) is 5. The van der Waals surface area contributed by atoms with Crippen LogP contribution >= 0.6 is 0 Å². The molecule has 0 aliphatic heterocycles. The van der Waals surface area contributed by atoms with Crippen molar-refractivity contribution in [1.82, 2.24) is 20.3 Å². The Morgan fingerprint density at radius 1 is 1.67 bits per heavy atom. The Morgan fingerprint density at radius 3 is 3.06 bits per heavy atom. The van der Waals surface area contributed by atoms with Gasteiger partial charge in [-0.15, -0.1) is 5.10 Å². The SMILES string of the molecule is NC(=O)C(NCC1CC1)c1cn(CCCO)nn1. The summed E-state index contributed by atoms with van der Waals surface area (Å²) >= 11 is 0. The number of nitrogens with zero attached hydrogens (tertiary/aromatic N) is 3. The van der Waals surface area contributed by atoms with E-state index in [1.54, 1.807) is 10.9 Å². The summed E-state index contributed by atoms with van der Waals surface area (Å²) in [5, 5.41) is 19.7. The highest BCUT2D eigenvalue weighted by Crippen LogP contribution is 2.28. The first kappa shape index (κ1) is 13.0. The number of nitrogens with two attached hydrogens (primary N) is 1. The van der Waals surface area contributed by atoms with Crippen LogP contribution in [0.15, 0.2) is 6.20 Å². The lowest BCUT2D eigenvalue weighted by Crippen LogP contribution is -2.35. The van der Waals surface area contributed by atoms with Gasteiger partial charge in [0.05, 0.1) is 6.20 Å². The fourth-order valence-corrected chi connectivity index (χ4v) is 1.75. The van der Waals surface area contributed by atoms with Gasteiger partial charge in [-0.3, -0.25) is 9.48 Å². The third kappa shape index (κ3) is 3.51. The Bertz CT molecular complexity index is 402. The van der Waals surface area contributed by atoms with Crippen molar-refractivity contribution in [3.63, 3.8) is 0 Å². The number of primary amides is 1. The summed E-state index contributed by atoms with van der Waals surface area (Å²) in [5.41, 5.74) is 5.91. The van der Waals surface area contributed by atoms with E-state index in [9.17, 15) is 4.79 Å². The van der Waals surface area contributed by atoms with Crippen LogP contribution in [0.2, 0.25) is 0 Å². The molecule has 2 rings (SSSR count). The van der Waals surface area contributed by atoms with E-state index in [2.05, 4.69) is 15.6 Å². The second-order valence-electron chi connectivity index (χ2n) is 4.67. The largest absolute Gasteiger partial charge is 0.396 e. The second-order valence-corrected chi connectivity index (χ2v) is 4.67. The number of hydrogen-bond donors (Lipinski definition) is 3. The van der Waals surface area contributed by atoms with Crippen molar-refractivity contribution >= 4 is 5.91 Å². The fraction of sp³-hybridized carbons (Fsp3) is 0.727. The van der Waals surface area contributed by atoms with E-state index in [0.29, 0.717) is 24.6 Å². The number of rotatable bonds is 8. The lowest BCUT2D eigenvalue weighted by molar-refractivity contribution is -0.120. The number of carbonyl (C=O) groups excluding carboxylic acids is 1. The Labute approximate surface area is 105 Å². The Kier molecular flexibility index (Phi) is 4.27. The number of aryl methyl sites for hydroxylation is 1. The summed E-state index contributed by atoms with van der Waals surface area (Å²) in [5.74, 6) is 0.223. The van der Waals surface area contributed by atoms with Crippen LogP contribution in [0.5, 0.6) is 0 Å². The number of nitrogens with one attached hydrogen (secondary N) is 1. The molecule has 7 nitrogen and oxygen atoms in total. The van der Waals surface area contributed by atoms with Gasteiger partial charge in [0.1, 0.15) is 11.7 Å². The van der Waals surface area contributed by atoms with Crippen LogP contribution in [0.1, 0.15) is 31.0 Å². The maximum absolute atomic E-state index is 11.4. The highest BCUT2D eigenvalue weighted by Gasteiger charge is 2.26. The van der Waals surface area contributed by atoms with Gasteiger partial charge in [0.25, 0.3) is 0 Å². The minimum absolute atomic E-state index is 0.106. The highest BCUT2D eigenvalue weighted by molar-refractivity contribution is 5.80. The molecule has 7 heteroatoms. The maximum atomic E-state index is 11.4. The predicted molar refractivity (Wildman–Crippen MR) is 64.4 cm³/mol. The van der Waals surface area contributed by atoms with Gasteiger partial charge in [0, 0.05) is 13.2 Å². The van der Waals surface area contributed by atoms with E-state index < -0.39 is 11.9 Å². The molecule has 0 aromatic carbocycles. The van der Waals surface area contributed by atoms with Gasteiger partial charge in [-0.2, -0.15) is 0 Å². The summed E-state index contributed by atoms with van der Waals surface area (Å²) in [4.78, 5) is 11.4. The first-order valence-corrected chi connectivity index (χ1v) is 6.24. The normalized spacial score (nSPS) is 16.7. The van der Waals surface area contributed by atoms with Gasteiger partial charge in [0.2, 0.25) is 5.91 Å². The minimum Gasteiger partial charge on any atom is -0.396 e. The summed E-state index contributed by atoms with van der Waals surface area (Å²) in [6.45, 7) is 1.48. The van der Waals surface area contributed by atoms with Crippen LogP contribution in [-0.4, -0.2) is 39.2 Å². The molecule has 1 fully saturated rings. The zero-order valence-electron chi connectivity index (χ0n) is 10.2. The number of amides is 1. The third-order valence-electron chi connectivity index (χ3n) is 2.99. The van der Waals surface area contributed by atoms with E-state index >= 15 is 0 Å². The molecule has 1 unspecified atom stereocenters. The lowest BCUT2D eigenvalue weighted by Gasteiger charge is -2.11. The molecule has 0 radical (unpaired) electrons. The van der Waals surface area contributed by atoms with Crippen molar-refractivity contribution in [2.45, 2.75) is 31.8 Å². The van der Waals surface area contributed by atoms with Gasteiger partial charge in [-0.1, -0.05) is 5.21 Å². The van der Waals surface area contributed by atoms with Gasteiger partial charge in [-0.05, 0) is 31.7 Å². The number of carbonyl (C=O) groups is 1. The lowest BCUT2D eigenvalue weighted by atomic mass is 10.2. The van der Waals surface area contributed by atoms with Crippen molar-refractivity contribution in [2.75, 3.05) is 13.2 Å². The standard InChI is InChI=1S/C11H19N5O2/c12-11(18)10(13-6-8-2-3-8)9-7-16(15-14-9)4-1-5-17/h7-8,10,13,17H,1-6H2,(H2,12,18). The molecule has 1 saturated carbocycles. The topological polar surface area (TPSA) is 106 Å². The average Bonchev–Trinajstić information content (AvgIpc) is 3.05. The Balaban J connectivity index is 1.95. The zero-order chi connectivity index (χ0) is 13.0.